The standard InChI is InChI=1S/C16H20FN3O/c1-3-10-21-15-8-9-18-16(20-15)19-12(2)11-13-4-6-14(17)7-5-13/h4-9,12H,3,10-11H2,1-2H3,(H,18,19,20). The van der Waals surface area contributed by atoms with Crippen LogP contribution < -0.4 is 10.1 Å². The number of benzene rings is 1. The number of hydrogen-bond acceptors (Lipinski definition) is 4. The Morgan fingerprint density at radius 1 is 1.24 bits per heavy atom. The first-order valence-electron chi connectivity index (χ1n) is 7.14. The molecule has 0 radical (unpaired) electrons. The van der Waals surface area contributed by atoms with Gasteiger partial charge in [-0.1, -0.05) is 19.1 Å². The zero-order valence-corrected chi connectivity index (χ0v) is 12.3. The SMILES string of the molecule is CCCOc1ccnc(NC(C)Cc2ccc(F)cc2)n1. The van der Waals surface area contributed by atoms with Gasteiger partial charge in [0.25, 0.3) is 0 Å². The van der Waals surface area contributed by atoms with Gasteiger partial charge < -0.3 is 10.1 Å². The van der Waals surface area contributed by atoms with E-state index in [0.717, 1.165) is 18.4 Å². The van der Waals surface area contributed by atoms with Crippen LogP contribution in [-0.4, -0.2) is 22.6 Å². The maximum absolute atomic E-state index is 12.9. The second-order valence-corrected chi connectivity index (χ2v) is 4.94. The molecular weight excluding hydrogens is 269 g/mol. The van der Waals surface area contributed by atoms with Gasteiger partial charge in [0.1, 0.15) is 5.82 Å². The molecule has 1 unspecified atom stereocenters. The van der Waals surface area contributed by atoms with Gasteiger partial charge in [-0.3, -0.25) is 0 Å². The van der Waals surface area contributed by atoms with Gasteiger partial charge in [0.15, 0.2) is 0 Å². The number of aromatic nitrogens is 2. The summed E-state index contributed by atoms with van der Waals surface area (Å²) in [6, 6.07) is 8.39. The van der Waals surface area contributed by atoms with Crippen LogP contribution >= 0.6 is 0 Å². The van der Waals surface area contributed by atoms with E-state index in [-0.39, 0.29) is 11.9 Å². The molecule has 0 amide bonds. The van der Waals surface area contributed by atoms with Crippen LogP contribution in [0.1, 0.15) is 25.8 Å². The Bertz CT molecular complexity index is 560. The molecule has 0 aliphatic heterocycles. The third-order valence-corrected chi connectivity index (χ3v) is 2.91. The van der Waals surface area contributed by atoms with E-state index >= 15 is 0 Å². The molecule has 1 N–H and O–H groups in total. The molecule has 0 saturated heterocycles. The van der Waals surface area contributed by atoms with Gasteiger partial charge in [0.2, 0.25) is 11.8 Å². The van der Waals surface area contributed by atoms with Crippen molar-refractivity contribution >= 4 is 5.95 Å². The minimum absolute atomic E-state index is 0.136. The highest BCUT2D eigenvalue weighted by Crippen LogP contribution is 2.12. The highest BCUT2D eigenvalue weighted by Gasteiger charge is 2.07. The first-order valence-corrected chi connectivity index (χ1v) is 7.14. The van der Waals surface area contributed by atoms with E-state index in [4.69, 9.17) is 4.74 Å². The topological polar surface area (TPSA) is 47.0 Å². The summed E-state index contributed by atoms with van der Waals surface area (Å²) in [4.78, 5) is 8.48. The van der Waals surface area contributed by atoms with Crippen LogP contribution in [0.2, 0.25) is 0 Å². The number of nitrogens with one attached hydrogen (secondary N) is 1. The average molecular weight is 289 g/mol. The molecule has 0 bridgehead atoms. The minimum atomic E-state index is -0.219. The fourth-order valence-electron chi connectivity index (χ4n) is 1.94. The van der Waals surface area contributed by atoms with E-state index in [1.165, 1.54) is 12.1 Å². The summed E-state index contributed by atoms with van der Waals surface area (Å²) in [6.07, 6.45) is 3.38. The third kappa shape index (κ3) is 5.02. The van der Waals surface area contributed by atoms with E-state index in [9.17, 15) is 4.39 Å². The monoisotopic (exact) mass is 289 g/mol. The van der Waals surface area contributed by atoms with Crippen LogP contribution in [0.3, 0.4) is 0 Å². The molecule has 0 aliphatic carbocycles. The number of nitrogens with zero attached hydrogens (tertiary/aromatic N) is 2. The van der Waals surface area contributed by atoms with Crippen LogP contribution in [-0.2, 0) is 6.42 Å². The minimum Gasteiger partial charge on any atom is -0.478 e. The highest BCUT2D eigenvalue weighted by molar-refractivity contribution is 5.29. The van der Waals surface area contributed by atoms with Crippen molar-refractivity contribution in [2.45, 2.75) is 32.7 Å². The molecule has 2 rings (SSSR count). The van der Waals surface area contributed by atoms with Crippen LogP contribution in [0.5, 0.6) is 5.88 Å². The normalized spacial score (nSPS) is 12.0. The number of anilines is 1. The maximum atomic E-state index is 12.9. The molecule has 112 valence electrons. The van der Waals surface area contributed by atoms with Crippen molar-refractivity contribution < 1.29 is 9.13 Å². The summed E-state index contributed by atoms with van der Waals surface area (Å²) in [7, 11) is 0. The van der Waals surface area contributed by atoms with Crippen molar-refractivity contribution in [3.63, 3.8) is 0 Å². The maximum Gasteiger partial charge on any atom is 0.226 e. The first-order chi connectivity index (χ1) is 10.2. The Morgan fingerprint density at radius 3 is 2.71 bits per heavy atom. The average Bonchev–Trinajstić information content (AvgIpc) is 2.48. The molecule has 2 aromatic rings. The lowest BCUT2D eigenvalue weighted by Crippen LogP contribution is -2.19. The lowest BCUT2D eigenvalue weighted by molar-refractivity contribution is 0.305. The molecule has 1 aromatic heterocycles. The Kier molecular flexibility index (Phi) is 5.49. The Balaban J connectivity index is 1.92. The quantitative estimate of drug-likeness (QED) is 0.848. The van der Waals surface area contributed by atoms with E-state index in [0.29, 0.717) is 18.4 Å². The van der Waals surface area contributed by atoms with Crippen LogP contribution in [0.25, 0.3) is 0 Å². The third-order valence-electron chi connectivity index (χ3n) is 2.91. The van der Waals surface area contributed by atoms with Gasteiger partial charge in [-0.05, 0) is 37.5 Å². The number of ether oxygens (including phenoxy) is 1. The molecule has 1 heterocycles. The van der Waals surface area contributed by atoms with Crippen molar-refractivity contribution in [3.8, 4) is 5.88 Å². The zero-order chi connectivity index (χ0) is 15.1. The van der Waals surface area contributed by atoms with Crippen molar-refractivity contribution in [2.75, 3.05) is 11.9 Å². The summed E-state index contributed by atoms with van der Waals surface area (Å²) in [5, 5.41) is 3.23. The first kappa shape index (κ1) is 15.2. The molecule has 0 fully saturated rings. The second kappa shape index (κ2) is 7.57. The molecular formula is C16H20FN3O. The van der Waals surface area contributed by atoms with Crippen LogP contribution in [0.4, 0.5) is 10.3 Å². The second-order valence-electron chi connectivity index (χ2n) is 4.94. The fraction of sp³-hybridized carbons (Fsp3) is 0.375. The van der Waals surface area contributed by atoms with E-state index in [1.807, 2.05) is 13.8 Å². The molecule has 0 aliphatic rings. The van der Waals surface area contributed by atoms with Gasteiger partial charge >= 0.3 is 0 Å². The van der Waals surface area contributed by atoms with Crippen molar-refractivity contribution in [1.29, 1.82) is 0 Å². The highest BCUT2D eigenvalue weighted by atomic mass is 19.1. The zero-order valence-electron chi connectivity index (χ0n) is 12.3. The molecule has 0 saturated carbocycles. The summed E-state index contributed by atoms with van der Waals surface area (Å²) in [5.74, 6) is 0.894. The Labute approximate surface area is 124 Å². The van der Waals surface area contributed by atoms with E-state index < -0.39 is 0 Å². The summed E-state index contributed by atoms with van der Waals surface area (Å²) < 4.78 is 18.3. The Hall–Kier alpha value is -2.17. The van der Waals surface area contributed by atoms with Crippen molar-refractivity contribution in [1.82, 2.24) is 9.97 Å². The van der Waals surface area contributed by atoms with Crippen LogP contribution in [0.15, 0.2) is 36.5 Å². The lowest BCUT2D eigenvalue weighted by Gasteiger charge is -2.14. The lowest BCUT2D eigenvalue weighted by atomic mass is 10.1. The van der Waals surface area contributed by atoms with Gasteiger partial charge in [0, 0.05) is 18.3 Å². The Morgan fingerprint density at radius 2 is 2.00 bits per heavy atom. The van der Waals surface area contributed by atoms with E-state index in [2.05, 4.69) is 15.3 Å². The summed E-state index contributed by atoms with van der Waals surface area (Å²) in [6.45, 7) is 4.72. The molecule has 1 aromatic carbocycles. The largest absolute Gasteiger partial charge is 0.478 e. The van der Waals surface area contributed by atoms with Gasteiger partial charge in [-0.15, -0.1) is 0 Å². The molecule has 4 nitrogen and oxygen atoms in total. The van der Waals surface area contributed by atoms with Crippen molar-refractivity contribution in [3.05, 3.63) is 47.9 Å². The molecule has 21 heavy (non-hydrogen) atoms. The van der Waals surface area contributed by atoms with Gasteiger partial charge in [0.05, 0.1) is 6.61 Å². The molecule has 5 heteroatoms. The molecule has 1 atom stereocenters. The smallest absolute Gasteiger partial charge is 0.226 e. The summed E-state index contributed by atoms with van der Waals surface area (Å²) >= 11 is 0. The fourth-order valence-corrected chi connectivity index (χ4v) is 1.94. The van der Waals surface area contributed by atoms with Gasteiger partial charge in [-0.2, -0.15) is 4.98 Å². The van der Waals surface area contributed by atoms with Gasteiger partial charge in [-0.25, -0.2) is 9.37 Å². The van der Waals surface area contributed by atoms with E-state index in [1.54, 1.807) is 24.4 Å². The van der Waals surface area contributed by atoms with Crippen molar-refractivity contribution in [2.24, 2.45) is 0 Å². The predicted octanol–water partition coefficient (Wildman–Crippen LogP) is 3.45. The van der Waals surface area contributed by atoms with Crippen LogP contribution in [0, 0.1) is 5.82 Å². The predicted molar refractivity (Wildman–Crippen MR) is 81.0 cm³/mol. The number of halogens is 1. The summed E-state index contributed by atoms with van der Waals surface area (Å²) in [5.41, 5.74) is 1.06. The number of hydrogen-bond donors (Lipinski definition) is 1. The number of rotatable bonds is 7. The molecule has 0 spiro atoms.